The van der Waals surface area contributed by atoms with Crippen molar-refractivity contribution in [1.82, 2.24) is 9.97 Å². The van der Waals surface area contributed by atoms with Crippen molar-refractivity contribution in [3.63, 3.8) is 0 Å². The van der Waals surface area contributed by atoms with Crippen LogP contribution in [0.2, 0.25) is 0 Å². The van der Waals surface area contributed by atoms with Gasteiger partial charge < -0.3 is 15.8 Å². The van der Waals surface area contributed by atoms with Crippen LogP contribution in [0.15, 0.2) is 35.7 Å². The van der Waals surface area contributed by atoms with Crippen LogP contribution in [-0.4, -0.2) is 23.6 Å². The van der Waals surface area contributed by atoms with Gasteiger partial charge in [0.15, 0.2) is 0 Å². The molecule has 0 unspecified atom stereocenters. The van der Waals surface area contributed by atoms with Crippen LogP contribution in [-0.2, 0) is 6.42 Å². The molecule has 21 heavy (non-hydrogen) atoms. The summed E-state index contributed by atoms with van der Waals surface area (Å²) in [6.45, 7) is 0.785. The summed E-state index contributed by atoms with van der Waals surface area (Å²) in [6, 6.07) is 10.1. The van der Waals surface area contributed by atoms with Crippen molar-refractivity contribution >= 4 is 33.3 Å². The zero-order valence-electron chi connectivity index (χ0n) is 11.7. The van der Waals surface area contributed by atoms with Crippen LogP contribution in [0.4, 0.5) is 11.8 Å². The minimum atomic E-state index is 0.303. The van der Waals surface area contributed by atoms with E-state index in [4.69, 9.17) is 10.5 Å². The van der Waals surface area contributed by atoms with E-state index < -0.39 is 0 Å². The van der Waals surface area contributed by atoms with E-state index in [9.17, 15) is 0 Å². The second-order valence-electron chi connectivity index (χ2n) is 4.59. The molecule has 0 bridgehead atoms. The zero-order valence-corrected chi connectivity index (χ0v) is 12.5. The van der Waals surface area contributed by atoms with E-state index in [1.807, 2.05) is 23.6 Å². The molecular weight excluding hydrogens is 284 g/mol. The van der Waals surface area contributed by atoms with Crippen LogP contribution in [0.3, 0.4) is 0 Å². The molecule has 2 aromatic heterocycles. The fourth-order valence-electron chi connectivity index (χ4n) is 2.12. The summed E-state index contributed by atoms with van der Waals surface area (Å²) in [6.07, 6.45) is 0.902. The molecule has 108 valence electrons. The third-order valence-corrected chi connectivity index (χ3v) is 4.01. The quantitative estimate of drug-likeness (QED) is 0.758. The Kier molecular flexibility index (Phi) is 3.87. The maximum Gasteiger partial charge on any atom is 0.223 e. The van der Waals surface area contributed by atoms with Crippen LogP contribution < -0.4 is 15.8 Å². The summed E-state index contributed by atoms with van der Waals surface area (Å²) in [5, 5.41) is 6.35. The number of methoxy groups -OCH3 is 1. The number of nitrogens with one attached hydrogen (secondary N) is 1. The number of aromatic nitrogens is 2. The van der Waals surface area contributed by atoms with Gasteiger partial charge in [0.1, 0.15) is 16.4 Å². The highest BCUT2D eigenvalue weighted by Gasteiger charge is 2.06. The van der Waals surface area contributed by atoms with Crippen molar-refractivity contribution < 1.29 is 4.74 Å². The first-order valence-corrected chi connectivity index (χ1v) is 7.52. The van der Waals surface area contributed by atoms with E-state index in [-0.39, 0.29) is 0 Å². The second kappa shape index (κ2) is 5.97. The van der Waals surface area contributed by atoms with E-state index in [0.29, 0.717) is 5.95 Å². The summed E-state index contributed by atoms with van der Waals surface area (Å²) < 4.78 is 5.15. The Morgan fingerprint density at radius 1 is 1.19 bits per heavy atom. The highest BCUT2D eigenvalue weighted by atomic mass is 32.1. The predicted molar refractivity (Wildman–Crippen MR) is 87.0 cm³/mol. The number of nitrogens with two attached hydrogens (primary N) is 1. The molecule has 0 aliphatic carbocycles. The van der Waals surface area contributed by atoms with E-state index in [0.717, 1.165) is 34.7 Å². The minimum absolute atomic E-state index is 0.303. The van der Waals surface area contributed by atoms with Gasteiger partial charge >= 0.3 is 0 Å². The lowest BCUT2D eigenvalue weighted by atomic mass is 10.1. The van der Waals surface area contributed by atoms with Gasteiger partial charge in [-0.1, -0.05) is 12.1 Å². The van der Waals surface area contributed by atoms with Gasteiger partial charge in [-0.2, -0.15) is 4.98 Å². The monoisotopic (exact) mass is 300 g/mol. The number of hydrogen-bond acceptors (Lipinski definition) is 6. The van der Waals surface area contributed by atoms with Crippen molar-refractivity contribution in [3.8, 4) is 5.75 Å². The van der Waals surface area contributed by atoms with Crippen LogP contribution >= 0.6 is 11.3 Å². The standard InChI is InChI=1S/C15H16N4OS/c1-20-11-4-2-10(3-5-11)6-8-17-13-12-7-9-21-14(12)19-15(16)18-13/h2-5,7,9H,6,8H2,1H3,(H3,16,17,18,19). The molecule has 0 spiro atoms. The highest BCUT2D eigenvalue weighted by Crippen LogP contribution is 2.25. The fraction of sp³-hybridized carbons (Fsp3) is 0.200. The van der Waals surface area contributed by atoms with Crippen molar-refractivity contribution in [2.45, 2.75) is 6.42 Å². The molecule has 0 saturated carbocycles. The maximum absolute atomic E-state index is 5.73. The molecule has 0 fully saturated rings. The first kappa shape index (κ1) is 13.6. The topological polar surface area (TPSA) is 73.1 Å². The van der Waals surface area contributed by atoms with Crippen molar-refractivity contribution in [2.75, 3.05) is 24.7 Å². The highest BCUT2D eigenvalue weighted by molar-refractivity contribution is 7.16. The summed E-state index contributed by atoms with van der Waals surface area (Å²) in [7, 11) is 1.67. The van der Waals surface area contributed by atoms with Gasteiger partial charge in [-0.25, -0.2) is 4.98 Å². The molecule has 6 heteroatoms. The molecule has 3 aromatic rings. The largest absolute Gasteiger partial charge is 0.497 e. The zero-order chi connectivity index (χ0) is 14.7. The third kappa shape index (κ3) is 3.05. The smallest absolute Gasteiger partial charge is 0.223 e. The minimum Gasteiger partial charge on any atom is -0.497 e. The fourth-order valence-corrected chi connectivity index (χ4v) is 2.90. The number of benzene rings is 1. The molecule has 3 N–H and O–H groups in total. The number of hydrogen-bond donors (Lipinski definition) is 2. The van der Waals surface area contributed by atoms with E-state index in [1.54, 1.807) is 18.4 Å². The number of nitrogen functional groups attached to an aromatic ring is 1. The Balaban J connectivity index is 1.67. The van der Waals surface area contributed by atoms with Gasteiger partial charge in [0, 0.05) is 6.54 Å². The van der Waals surface area contributed by atoms with Crippen LogP contribution in [0.5, 0.6) is 5.75 Å². The Hall–Kier alpha value is -2.34. The van der Waals surface area contributed by atoms with E-state index >= 15 is 0 Å². The summed E-state index contributed by atoms with van der Waals surface area (Å²) in [5.74, 6) is 1.97. The Labute approximate surface area is 126 Å². The van der Waals surface area contributed by atoms with Crippen molar-refractivity contribution in [3.05, 3.63) is 41.3 Å². The van der Waals surface area contributed by atoms with Crippen LogP contribution in [0, 0.1) is 0 Å². The second-order valence-corrected chi connectivity index (χ2v) is 5.49. The molecule has 2 heterocycles. The van der Waals surface area contributed by atoms with E-state index in [1.165, 1.54) is 5.56 Å². The van der Waals surface area contributed by atoms with Crippen molar-refractivity contribution in [2.24, 2.45) is 0 Å². The first-order valence-electron chi connectivity index (χ1n) is 6.64. The number of fused-ring (bicyclic) bond motifs is 1. The van der Waals surface area contributed by atoms with Crippen LogP contribution in [0.1, 0.15) is 5.56 Å². The molecule has 0 aliphatic rings. The number of rotatable bonds is 5. The normalized spacial score (nSPS) is 10.7. The van der Waals surface area contributed by atoms with Gasteiger partial charge in [-0.3, -0.25) is 0 Å². The molecule has 0 atom stereocenters. The first-order chi connectivity index (χ1) is 10.3. The number of thiophene rings is 1. The van der Waals surface area contributed by atoms with Gasteiger partial charge in [0.05, 0.1) is 12.5 Å². The lowest BCUT2D eigenvalue weighted by molar-refractivity contribution is 0.414. The summed E-state index contributed by atoms with van der Waals surface area (Å²) >= 11 is 1.56. The molecule has 0 saturated heterocycles. The molecule has 1 aromatic carbocycles. The lowest BCUT2D eigenvalue weighted by Gasteiger charge is -2.08. The van der Waals surface area contributed by atoms with Crippen LogP contribution in [0.25, 0.3) is 10.2 Å². The summed E-state index contributed by atoms with van der Waals surface area (Å²) in [5.41, 5.74) is 6.97. The number of anilines is 2. The SMILES string of the molecule is COc1ccc(CCNc2nc(N)nc3sccc23)cc1. The number of ether oxygens (including phenoxy) is 1. The molecule has 3 rings (SSSR count). The Morgan fingerprint density at radius 3 is 2.76 bits per heavy atom. The average molecular weight is 300 g/mol. The Morgan fingerprint density at radius 2 is 2.00 bits per heavy atom. The lowest BCUT2D eigenvalue weighted by Crippen LogP contribution is -2.08. The molecule has 5 nitrogen and oxygen atoms in total. The Bertz CT molecular complexity index is 739. The third-order valence-electron chi connectivity index (χ3n) is 3.21. The number of nitrogens with zero attached hydrogens (tertiary/aromatic N) is 2. The molecule has 0 amide bonds. The molecule has 0 radical (unpaired) electrons. The molecule has 0 aliphatic heterocycles. The van der Waals surface area contributed by atoms with E-state index in [2.05, 4.69) is 27.4 Å². The summed E-state index contributed by atoms with van der Waals surface area (Å²) in [4.78, 5) is 9.40. The predicted octanol–water partition coefficient (Wildman–Crippen LogP) is 2.94. The van der Waals surface area contributed by atoms with Gasteiger partial charge in [0.2, 0.25) is 5.95 Å². The van der Waals surface area contributed by atoms with Gasteiger partial charge in [-0.15, -0.1) is 11.3 Å². The van der Waals surface area contributed by atoms with Crippen molar-refractivity contribution in [1.29, 1.82) is 0 Å². The maximum atomic E-state index is 5.73. The van der Waals surface area contributed by atoms with Gasteiger partial charge in [-0.05, 0) is 35.6 Å². The molecular formula is C15H16N4OS. The average Bonchev–Trinajstić information content (AvgIpc) is 2.96. The van der Waals surface area contributed by atoms with Gasteiger partial charge in [0.25, 0.3) is 0 Å².